The minimum atomic E-state index is -0.569. The average Bonchev–Trinajstić information content (AvgIpc) is 2.50. The van der Waals surface area contributed by atoms with Crippen LogP contribution in [0.3, 0.4) is 0 Å². The first-order chi connectivity index (χ1) is 10.5. The molecule has 3 nitrogen and oxygen atoms in total. The molecule has 2 rings (SSSR count). The number of carbonyl (C=O) groups excluding carboxylic acids is 1. The van der Waals surface area contributed by atoms with E-state index in [1.807, 2.05) is 18.2 Å². The molecule has 0 aromatic heterocycles. The van der Waals surface area contributed by atoms with Crippen molar-refractivity contribution in [2.75, 3.05) is 5.32 Å². The van der Waals surface area contributed by atoms with Crippen molar-refractivity contribution in [1.82, 2.24) is 0 Å². The molecule has 0 aliphatic heterocycles. The number of anilines is 1. The van der Waals surface area contributed by atoms with Gasteiger partial charge in [-0.1, -0.05) is 36.4 Å². The van der Waals surface area contributed by atoms with E-state index in [9.17, 15) is 9.18 Å². The normalized spacial score (nSPS) is 11.6. The molecular weight excluding hydrogens is 305 g/mol. The second-order valence-corrected chi connectivity index (χ2v) is 5.03. The van der Waals surface area contributed by atoms with Crippen LogP contribution in [0.15, 0.2) is 55.1 Å². The summed E-state index contributed by atoms with van der Waals surface area (Å²) < 4.78 is 19.7. The van der Waals surface area contributed by atoms with E-state index in [2.05, 4.69) is 11.9 Å². The van der Waals surface area contributed by atoms with Crippen molar-refractivity contribution in [3.63, 3.8) is 0 Å². The maximum Gasteiger partial charge on any atom is 0.247 e. The molecule has 1 amide bonds. The molecule has 0 radical (unpaired) electrons. The van der Waals surface area contributed by atoms with Gasteiger partial charge in [0.05, 0.1) is 0 Å². The Kier molecular flexibility index (Phi) is 5.17. The second kappa shape index (κ2) is 7.09. The first kappa shape index (κ1) is 16.0. The van der Waals surface area contributed by atoms with Gasteiger partial charge < -0.3 is 10.1 Å². The Morgan fingerprint density at radius 3 is 2.73 bits per heavy atom. The van der Waals surface area contributed by atoms with Gasteiger partial charge in [0.2, 0.25) is 5.91 Å². The van der Waals surface area contributed by atoms with E-state index in [-0.39, 0.29) is 5.75 Å². The molecule has 114 valence electrons. The lowest BCUT2D eigenvalue weighted by Crippen LogP contribution is -2.08. The number of ether oxygens (including phenoxy) is 1. The topological polar surface area (TPSA) is 38.3 Å². The largest absolute Gasteiger partial charge is 0.483 e. The summed E-state index contributed by atoms with van der Waals surface area (Å²) in [6.07, 6.45) is 0.707. The van der Waals surface area contributed by atoms with E-state index in [0.717, 1.165) is 11.6 Å². The van der Waals surface area contributed by atoms with Crippen LogP contribution in [-0.2, 0) is 4.79 Å². The van der Waals surface area contributed by atoms with Crippen LogP contribution in [0.4, 0.5) is 10.1 Å². The van der Waals surface area contributed by atoms with Crippen molar-refractivity contribution >= 4 is 23.2 Å². The molecule has 0 spiro atoms. The minimum Gasteiger partial charge on any atom is -0.483 e. The Balaban J connectivity index is 2.15. The van der Waals surface area contributed by atoms with Crippen molar-refractivity contribution in [3.05, 3.63) is 71.5 Å². The third-order valence-electron chi connectivity index (χ3n) is 3.03. The Hall–Kier alpha value is -2.33. The highest BCUT2D eigenvalue weighted by molar-refractivity contribution is 6.31. The summed E-state index contributed by atoms with van der Waals surface area (Å²) in [5, 5.41) is 3.04. The summed E-state index contributed by atoms with van der Waals surface area (Å²) in [6.45, 7) is 5.12. The molecule has 5 heteroatoms. The van der Waals surface area contributed by atoms with Crippen LogP contribution in [0, 0.1) is 5.82 Å². The average molecular weight is 320 g/mol. The lowest BCUT2D eigenvalue weighted by Gasteiger charge is -2.17. The van der Waals surface area contributed by atoms with Gasteiger partial charge in [0.25, 0.3) is 0 Å². The third kappa shape index (κ3) is 3.86. The van der Waals surface area contributed by atoms with E-state index in [4.69, 9.17) is 16.3 Å². The number of rotatable bonds is 5. The Morgan fingerprint density at radius 2 is 2.09 bits per heavy atom. The van der Waals surface area contributed by atoms with Gasteiger partial charge in [-0.05, 0) is 31.2 Å². The van der Waals surface area contributed by atoms with Gasteiger partial charge in [-0.3, -0.25) is 4.79 Å². The van der Waals surface area contributed by atoms with Crippen LogP contribution in [0.1, 0.15) is 18.6 Å². The van der Waals surface area contributed by atoms with Gasteiger partial charge in [-0.25, -0.2) is 4.39 Å². The van der Waals surface area contributed by atoms with Gasteiger partial charge in [0.15, 0.2) is 11.6 Å². The molecule has 0 saturated carbocycles. The number of hydrogen-bond acceptors (Lipinski definition) is 2. The molecule has 22 heavy (non-hydrogen) atoms. The highest BCUT2D eigenvalue weighted by Gasteiger charge is 2.14. The summed E-state index contributed by atoms with van der Waals surface area (Å²) in [5.41, 5.74) is 1.10. The van der Waals surface area contributed by atoms with E-state index < -0.39 is 17.8 Å². The molecule has 0 saturated heterocycles. The van der Waals surface area contributed by atoms with Crippen molar-refractivity contribution in [2.24, 2.45) is 0 Å². The fourth-order valence-electron chi connectivity index (χ4n) is 1.93. The standard InChI is InChI=1S/C17H15ClFNO2/c1-3-17(21)20-12-8-9-16(15(19)10-12)22-11(2)13-6-4-5-7-14(13)18/h3-11H,1H2,2H3,(H,20,21). The molecule has 0 bridgehead atoms. The molecule has 1 atom stereocenters. The van der Waals surface area contributed by atoms with Crippen molar-refractivity contribution in [3.8, 4) is 5.75 Å². The Morgan fingerprint density at radius 1 is 1.36 bits per heavy atom. The molecular formula is C17H15ClFNO2. The van der Waals surface area contributed by atoms with Gasteiger partial charge in [-0.15, -0.1) is 0 Å². The monoisotopic (exact) mass is 319 g/mol. The number of carbonyl (C=O) groups is 1. The maximum atomic E-state index is 14.0. The van der Waals surface area contributed by atoms with Crippen LogP contribution in [0.25, 0.3) is 0 Å². The molecule has 0 aliphatic carbocycles. The molecule has 1 unspecified atom stereocenters. The maximum absolute atomic E-state index is 14.0. The smallest absolute Gasteiger partial charge is 0.247 e. The lowest BCUT2D eigenvalue weighted by atomic mass is 10.1. The number of benzene rings is 2. The number of halogens is 2. The Bertz CT molecular complexity index is 703. The van der Waals surface area contributed by atoms with E-state index in [1.165, 1.54) is 12.1 Å². The zero-order valence-electron chi connectivity index (χ0n) is 12.0. The highest BCUT2D eigenvalue weighted by atomic mass is 35.5. The summed E-state index contributed by atoms with van der Waals surface area (Å²) in [6, 6.07) is 11.4. The van der Waals surface area contributed by atoms with Crippen molar-refractivity contribution < 1.29 is 13.9 Å². The van der Waals surface area contributed by atoms with Crippen LogP contribution in [0.2, 0.25) is 5.02 Å². The predicted molar refractivity (Wildman–Crippen MR) is 85.7 cm³/mol. The van der Waals surface area contributed by atoms with E-state index >= 15 is 0 Å². The Labute approximate surface area is 133 Å². The summed E-state index contributed by atoms with van der Waals surface area (Å²) in [4.78, 5) is 11.2. The van der Waals surface area contributed by atoms with Gasteiger partial charge in [-0.2, -0.15) is 0 Å². The third-order valence-corrected chi connectivity index (χ3v) is 3.38. The molecule has 0 heterocycles. The van der Waals surface area contributed by atoms with E-state index in [1.54, 1.807) is 19.1 Å². The number of nitrogens with one attached hydrogen (secondary N) is 1. The zero-order valence-corrected chi connectivity index (χ0v) is 12.7. The van der Waals surface area contributed by atoms with Crippen molar-refractivity contribution in [2.45, 2.75) is 13.0 Å². The fraction of sp³-hybridized carbons (Fsp3) is 0.118. The predicted octanol–water partition coefficient (Wildman–Crippen LogP) is 4.74. The van der Waals surface area contributed by atoms with Gasteiger partial charge in [0, 0.05) is 22.3 Å². The quantitative estimate of drug-likeness (QED) is 0.808. The summed E-state index contributed by atoms with van der Waals surface area (Å²) >= 11 is 6.09. The minimum absolute atomic E-state index is 0.0871. The van der Waals surface area contributed by atoms with Crippen LogP contribution in [-0.4, -0.2) is 5.91 Å². The highest BCUT2D eigenvalue weighted by Crippen LogP contribution is 2.29. The fourth-order valence-corrected chi connectivity index (χ4v) is 2.22. The molecule has 0 fully saturated rings. The van der Waals surface area contributed by atoms with E-state index in [0.29, 0.717) is 10.7 Å². The SMILES string of the molecule is C=CC(=O)Nc1ccc(OC(C)c2ccccc2Cl)c(F)c1. The summed E-state index contributed by atoms with van der Waals surface area (Å²) in [7, 11) is 0. The second-order valence-electron chi connectivity index (χ2n) is 4.62. The summed E-state index contributed by atoms with van der Waals surface area (Å²) in [5.74, 6) is -0.887. The zero-order chi connectivity index (χ0) is 16.1. The van der Waals surface area contributed by atoms with Gasteiger partial charge in [0.1, 0.15) is 6.10 Å². The van der Waals surface area contributed by atoms with Gasteiger partial charge >= 0.3 is 0 Å². The molecule has 2 aromatic rings. The molecule has 1 N–H and O–H groups in total. The van der Waals surface area contributed by atoms with Crippen LogP contribution in [0.5, 0.6) is 5.75 Å². The molecule has 2 aromatic carbocycles. The lowest BCUT2D eigenvalue weighted by molar-refractivity contribution is -0.111. The first-order valence-corrected chi connectivity index (χ1v) is 7.03. The van der Waals surface area contributed by atoms with Crippen molar-refractivity contribution in [1.29, 1.82) is 0 Å². The molecule has 0 aliphatic rings. The number of amides is 1. The van der Waals surface area contributed by atoms with Crippen LogP contribution < -0.4 is 10.1 Å². The number of hydrogen-bond donors (Lipinski definition) is 1. The van der Waals surface area contributed by atoms with Crippen LogP contribution >= 0.6 is 11.6 Å². The first-order valence-electron chi connectivity index (χ1n) is 6.65.